The SMILES string of the molecule is CCC(NC1CCC(C)C(C)C1)c1ccco1. The molecular formula is C15H25NO. The van der Waals surface area contributed by atoms with Gasteiger partial charge in [-0.1, -0.05) is 20.8 Å². The predicted octanol–water partition coefficient (Wildman–Crippen LogP) is 4.15. The van der Waals surface area contributed by atoms with Gasteiger partial charge in [-0.05, 0) is 49.7 Å². The Morgan fingerprint density at radius 2 is 2.18 bits per heavy atom. The molecule has 1 aromatic heterocycles. The smallest absolute Gasteiger partial charge is 0.120 e. The first kappa shape index (κ1) is 12.7. The molecule has 0 aromatic carbocycles. The molecule has 17 heavy (non-hydrogen) atoms. The fourth-order valence-electron chi connectivity index (χ4n) is 2.87. The van der Waals surface area contributed by atoms with Crippen LogP contribution in [-0.2, 0) is 0 Å². The highest BCUT2D eigenvalue weighted by molar-refractivity contribution is 5.04. The van der Waals surface area contributed by atoms with Gasteiger partial charge in [0, 0.05) is 6.04 Å². The van der Waals surface area contributed by atoms with Crippen molar-refractivity contribution in [3.05, 3.63) is 24.2 Å². The maximum atomic E-state index is 5.51. The maximum absolute atomic E-state index is 5.51. The minimum atomic E-state index is 0.385. The van der Waals surface area contributed by atoms with Crippen LogP contribution in [0.25, 0.3) is 0 Å². The first-order valence-electron chi connectivity index (χ1n) is 7.00. The Balaban J connectivity index is 1.91. The van der Waals surface area contributed by atoms with Crippen LogP contribution in [0.2, 0.25) is 0 Å². The van der Waals surface area contributed by atoms with Gasteiger partial charge in [0.15, 0.2) is 0 Å². The van der Waals surface area contributed by atoms with Crippen LogP contribution >= 0.6 is 0 Å². The summed E-state index contributed by atoms with van der Waals surface area (Å²) in [6, 6.07) is 5.10. The second-order valence-electron chi connectivity index (χ2n) is 5.61. The van der Waals surface area contributed by atoms with E-state index in [0.717, 1.165) is 24.0 Å². The highest BCUT2D eigenvalue weighted by Gasteiger charge is 2.26. The molecule has 1 aromatic rings. The number of nitrogens with one attached hydrogen (secondary N) is 1. The monoisotopic (exact) mass is 235 g/mol. The zero-order valence-electron chi connectivity index (χ0n) is 11.3. The lowest BCUT2D eigenvalue weighted by molar-refractivity contribution is 0.208. The van der Waals surface area contributed by atoms with Crippen LogP contribution in [0.15, 0.2) is 22.8 Å². The van der Waals surface area contributed by atoms with Crippen molar-refractivity contribution in [3.63, 3.8) is 0 Å². The van der Waals surface area contributed by atoms with E-state index in [2.05, 4.69) is 32.2 Å². The molecule has 96 valence electrons. The Morgan fingerprint density at radius 3 is 2.76 bits per heavy atom. The maximum Gasteiger partial charge on any atom is 0.120 e. The molecular weight excluding hydrogens is 210 g/mol. The average molecular weight is 235 g/mol. The summed E-state index contributed by atoms with van der Waals surface area (Å²) in [5, 5.41) is 3.77. The summed E-state index contributed by atoms with van der Waals surface area (Å²) in [6.45, 7) is 6.98. The molecule has 0 bridgehead atoms. The molecule has 0 saturated heterocycles. The van der Waals surface area contributed by atoms with Crippen LogP contribution in [0.1, 0.15) is 58.3 Å². The molecule has 0 aliphatic heterocycles. The molecule has 4 atom stereocenters. The average Bonchev–Trinajstić information content (AvgIpc) is 2.84. The molecule has 1 aliphatic carbocycles. The Kier molecular flexibility index (Phi) is 4.27. The van der Waals surface area contributed by atoms with Crippen LogP contribution in [0.4, 0.5) is 0 Å². The van der Waals surface area contributed by atoms with E-state index in [9.17, 15) is 0 Å². The molecule has 2 heteroatoms. The Bertz CT molecular complexity index is 320. The summed E-state index contributed by atoms with van der Waals surface area (Å²) in [4.78, 5) is 0. The molecule has 1 fully saturated rings. The van der Waals surface area contributed by atoms with Crippen molar-refractivity contribution < 1.29 is 4.42 Å². The van der Waals surface area contributed by atoms with E-state index >= 15 is 0 Å². The molecule has 1 saturated carbocycles. The third-order valence-corrected chi connectivity index (χ3v) is 4.33. The third kappa shape index (κ3) is 3.12. The van der Waals surface area contributed by atoms with E-state index < -0.39 is 0 Å². The van der Waals surface area contributed by atoms with E-state index in [1.807, 2.05) is 6.07 Å². The van der Waals surface area contributed by atoms with Gasteiger partial charge in [0.1, 0.15) is 5.76 Å². The van der Waals surface area contributed by atoms with Crippen LogP contribution in [0.5, 0.6) is 0 Å². The van der Waals surface area contributed by atoms with Crippen LogP contribution < -0.4 is 5.32 Å². The molecule has 1 N–H and O–H groups in total. The second-order valence-corrected chi connectivity index (χ2v) is 5.61. The van der Waals surface area contributed by atoms with Crippen molar-refractivity contribution in [1.29, 1.82) is 0 Å². The molecule has 0 spiro atoms. The van der Waals surface area contributed by atoms with Gasteiger partial charge in [-0.3, -0.25) is 0 Å². The molecule has 0 radical (unpaired) electrons. The van der Waals surface area contributed by atoms with Crippen molar-refractivity contribution in [1.82, 2.24) is 5.32 Å². The van der Waals surface area contributed by atoms with E-state index in [1.165, 1.54) is 19.3 Å². The normalized spacial score (nSPS) is 31.4. The highest BCUT2D eigenvalue weighted by Crippen LogP contribution is 2.31. The Labute approximate surface area is 105 Å². The van der Waals surface area contributed by atoms with Gasteiger partial charge in [0.2, 0.25) is 0 Å². The lowest BCUT2D eigenvalue weighted by atomic mass is 9.79. The standard InChI is InChI=1S/C15H25NO/c1-4-14(15-6-5-9-17-15)16-13-8-7-11(2)12(3)10-13/h5-6,9,11-14,16H,4,7-8,10H2,1-3H3. The third-order valence-electron chi connectivity index (χ3n) is 4.33. The quantitative estimate of drug-likeness (QED) is 0.848. The Morgan fingerprint density at radius 1 is 1.35 bits per heavy atom. The lowest BCUT2D eigenvalue weighted by Gasteiger charge is -2.34. The van der Waals surface area contributed by atoms with Gasteiger partial charge in [-0.2, -0.15) is 0 Å². The van der Waals surface area contributed by atoms with Crippen molar-refractivity contribution in [2.75, 3.05) is 0 Å². The number of rotatable bonds is 4. The van der Waals surface area contributed by atoms with Crippen molar-refractivity contribution in [3.8, 4) is 0 Å². The van der Waals surface area contributed by atoms with Gasteiger partial charge in [0.05, 0.1) is 12.3 Å². The van der Waals surface area contributed by atoms with Gasteiger partial charge >= 0.3 is 0 Å². The van der Waals surface area contributed by atoms with Crippen LogP contribution in [-0.4, -0.2) is 6.04 Å². The largest absolute Gasteiger partial charge is 0.468 e. The van der Waals surface area contributed by atoms with Crippen LogP contribution in [0.3, 0.4) is 0 Å². The summed E-state index contributed by atoms with van der Waals surface area (Å²) in [5.41, 5.74) is 0. The Hall–Kier alpha value is -0.760. The van der Waals surface area contributed by atoms with E-state index in [0.29, 0.717) is 12.1 Å². The molecule has 4 unspecified atom stereocenters. The van der Waals surface area contributed by atoms with E-state index in [4.69, 9.17) is 4.42 Å². The fourth-order valence-corrected chi connectivity index (χ4v) is 2.87. The van der Waals surface area contributed by atoms with Gasteiger partial charge in [-0.15, -0.1) is 0 Å². The van der Waals surface area contributed by atoms with Gasteiger partial charge in [0.25, 0.3) is 0 Å². The lowest BCUT2D eigenvalue weighted by Crippen LogP contribution is -2.38. The fraction of sp³-hybridized carbons (Fsp3) is 0.733. The summed E-state index contributed by atoms with van der Waals surface area (Å²) >= 11 is 0. The zero-order valence-corrected chi connectivity index (χ0v) is 11.3. The van der Waals surface area contributed by atoms with Crippen molar-refractivity contribution in [2.24, 2.45) is 11.8 Å². The molecule has 2 nitrogen and oxygen atoms in total. The van der Waals surface area contributed by atoms with E-state index in [-0.39, 0.29) is 0 Å². The summed E-state index contributed by atoms with van der Waals surface area (Å²) in [5.74, 6) is 2.81. The second kappa shape index (κ2) is 5.72. The number of furan rings is 1. The zero-order chi connectivity index (χ0) is 12.3. The molecule has 1 aliphatic rings. The van der Waals surface area contributed by atoms with Gasteiger partial charge < -0.3 is 9.73 Å². The highest BCUT2D eigenvalue weighted by atomic mass is 16.3. The topological polar surface area (TPSA) is 25.2 Å². The first-order valence-corrected chi connectivity index (χ1v) is 7.00. The first-order chi connectivity index (χ1) is 8.20. The van der Waals surface area contributed by atoms with Crippen molar-refractivity contribution in [2.45, 2.75) is 58.5 Å². The number of hydrogen-bond donors (Lipinski definition) is 1. The number of hydrogen-bond acceptors (Lipinski definition) is 2. The summed E-state index contributed by atoms with van der Waals surface area (Å²) in [6.07, 6.45) is 6.83. The molecule has 0 amide bonds. The minimum absolute atomic E-state index is 0.385. The molecule has 2 rings (SSSR count). The van der Waals surface area contributed by atoms with Crippen LogP contribution in [0, 0.1) is 11.8 Å². The summed E-state index contributed by atoms with van der Waals surface area (Å²) < 4.78 is 5.51. The van der Waals surface area contributed by atoms with E-state index in [1.54, 1.807) is 6.26 Å². The predicted molar refractivity (Wildman–Crippen MR) is 70.8 cm³/mol. The summed E-state index contributed by atoms with van der Waals surface area (Å²) in [7, 11) is 0. The van der Waals surface area contributed by atoms with Crippen molar-refractivity contribution >= 4 is 0 Å². The van der Waals surface area contributed by atoms with Gasteiger partial charge in [-0.25, -0.2) is 0 Å². The minimum Gasteiger partial charge on any atom is -0.468 e. The molecule has 1 heterocycles.